The fraction of sp³-hybridized carbons (Fsp3) is 0.455. The monoisotopic (exact) mass is 565 g/mol. The van der Waals surface area contributed by atoms with Gasteiger partial charge in [-0.3, -0.25) is 4.79 Å². The van der Waals surface area contributed by atoms with E-state index in [2.05, 4.69) is 76.9 Å². The lowest BCUT2D eigenvalue weighted by molar-refractivity contribution is -0.128. The van der Waals surface area contributed by atoms with Crippen LogP contribution >= 0.6 is 0 Å². The largest absolute Gasteiger partial charge is 0.462 e. The Morgan fingerprint density at radius 2 is 1.88 bits per heavy atom. The fourth-order valence-corrected chi connectivity index (χ4v) is 6.70. The first-order valence-electron chi connectivity index (χ1n) is 15.1. The molecule has 1 amide bonds. The number of amides is 1. The minimum absolute atomic E-state index is 0.133. The molecular formula is C33H39N7O2. The van der Waals surface area contributed by atoms with Gasteiger partial charge in [-0.05, 0) is 50.4 Å². The molecule has 2 aromatic carbocycles. The zero-order valence-corrected chi connectivity index (χ0v) is 24.4. The molecule has 3 aliphatic rings. The standard InChI is InChI=1S/C33H39N7O2/c1-3-31(41)40-21-20-39(22-25(40)13-16-34)32-28-14-18-38(30-12-6-9-24-8-4-5-11-27(24)30)19-15-29(28)35-33(36-32)42-23-26-10-7-17-37(26)2/h3-6,8-9,11-12,25-26H,1,7,10,13-15,17-23H2,2H3/t25-,26+/m1/s1. The zero-order valence-electron chi connectivity index (χ0n) is 24.4. The topological polar surface area (TPSA) is 88.8 Å². The van der Waals surface area contributed by atoms with Gasteiger partial charge in [-0.15, -0.1) is 0 Å². The minimum atomic E-state index is -0.227. The Bertz CT molecular complexity index is 1500. The molecule has 0 radical (unpaired) electrons. The molecule has 9 heteroatoms. The van der Waals surface area contributed by atoms with E-state index in [1.165, 1.54) is 29.0 Å². The molecule has 2 saturated heterocycles. The lowest BCUT2D eigenvalue weighted by Crippen LogP contribution is -2.55. The molecule has 0 saturated carbocycles. The molecule has 0 N–H and O–H groups in total. The molecule has 2 fully saturated rings. The molecule has 0 unspecified atom stereocenters. The van der Waals surface area contributed by atoms with Crippen molar-refractivity contribution in [1.82, 2.24) is 19.8 Å². The molecule has 4 heterocycles. The third-order valence-corrected chi connectivity index (χ3v) is 9.05. The van der Waals surface area contributed by atoms with Gasteiger partial charge in [-0.2, -0.15) is 15.2 Å². The van der Waals surface area contributed by atoms with Crippen LogP contribution in [-0.2, 0) is 17.6 Å². The number of anilines is 2. The molecule has 1 aromatic heterocycles. The van der Waals surface area contributed by atoms with E-state index in [0.717, 1.165) is 56.0 Å². The fourth-order valence-electron chi connectivity index (χ4n) is 6.70. The zero-order chi connectivity index (χ0) is 29.1. The molecule has 6 rings (SSSR count). The first-order chi connectivity index (χ1) is 20.6. The molecule has 0 aliphatic carbocycles. The van der Waals surface area contributed by atoms with Crippen LogP contribution in [0.2, 0.25) is 0 Å². The van der Waals surface area contributed by atoms with E-state index in [4.69, 9.17) is 14.7 Å². The van der Waals surface area contributed by atoms with E-state index in [0.29, 0.717) is 38.3 Å². The highest BCUT2D eigenvalue weighted by atomic mass is 16.5. The summed E-state index contributed by atoms with van der Waals surface area (Å²) in [7, 11) is 2.14. The summed E-state index contributed by atoms with van der Waals surface area (Å²) >= 11 is 0. The van der Waals surface area contributed by atoms with Crippen molar-refractivity contribution in [2.45, 2.75) is 44.2 Å². The van der Waals surface area contributed by atoms with Crippen LogP contribution < -0.4 is 14.5 Å². The van der Waals surface area contributed by atoms with Crippen molar-refractivity contribution in [3.8, 4) is 12.1 Å². The summed E-state index contributed by atoms with van der Waals surface area (Å²) in [5, 5.41) is 12.0. The maximum Gasteiger partial charge on any atom is 0.318 e. The number of hydrogen-bond donors (Lipinski definition) is 0. The second kappa shape index (κ2) is 12.4. The second-order valence-corrected chi connectivity index (χ2v) is 11.5. The van der Waals surface area contributed by atoms with Gasteiger partial charge < -0.3 is 24.3 Å². The molecule has 0 bridgehead atoms. The summed E-state index contributed by atoms with van der Waals surface area (Å²) in [5.41, 5.74) is 3.41. The maximum atomic E-state index is 12.6. The molecular weight excluding hydrogens is 526 g/mol. The predicted molar refractivity (Wildman–Crippen MR) is 165 cm³/mol. The van der Waals surface area contributed by atoms with Crippen LogP contribution in [0.15, 0.2) is 55.1 Å². The van der Waals surface area contributed by atoms with Gasteiger partial charge in [0.1, 0.15) is 12.4 Å². The Labute approximate surface area is 248 Å². The first kappa shape index (κ1) is 28.0. The quantitative estimate of drug-likeness (QED) is 0.400. The summed E-state index contributed by atoms with van der Waals surface area (Å²) in [6.45, 7) is 8.69. The van der Waals surface area contributed by atoms with Crippen LogP contribution in [-0.4, -0.2) is 90.7 Å². The van der Waals surface area contributed by atoms with Crippen molar-refractivity contribution in [1.29, 1.82) is 5.26 Å². The third kappa shape index (κ3) is 5.64. The number of nitrogens with zero attached hydrogens (tertiary/aromatic N) is 7. The average molecular weight is 566 g/mol. The highest BCUT2D eigenvalue weighted by molar-refractivity contribution is 5.94. The van der Waals surface area contributed by atoms with Crippen LogP contribution in [0.1, 0.15) is 30.5 Å². The number of likely N-dealkylation sites (N-methyl/N-ethyl adjacent to an activating group) is 1. The van der Waals surface area contributed by atoms with E-state index < -0.39 is 0 Å². The van der Waals surface area contributed by atoms with E-state index in [1.807, 2.05) is 0 Å². The Morgan fingerprint density at radius 1 is 1.05 bits per heavy atom. The van der Waals surface area contributed by atoms with Gasteiger partial charge >= 0.3 is 6.01 Å². The maximum absolute atomic E-state index is 12.6. The van der Waals surface area contributed by atoms with Crippen molar-refractivity contribution >= 4 is 28.2 Å². The van der Waals surface area contributed by atoms with E-state index >= 15 is 0 Å². The van der Waals surface area contributed by atoms with Crippen LogP contribution in [0.3, 0.4) is 0 Å². The molecule has 42 heavy (non-hydrogen) atoms. The van der Waals surface area contributed by atoms with Gasteiger partial charge in [-0.1, -0.05) is 43.0 Å². The minimum Gasteiger partial charge on any atom is -0.462 e. The summed E-state index contributed by atoms with van der Waals surface area (Å²) < 4.78 is 6.28. The molecule has 218 valence electrons. The van der Waals surface area contributed by atoms with Crippen LogP contribution in [0.25, 0.3) is 10.8 Å². The van der Waals surface area contributed by atoms with Gasteiger partial charge in [0.25, 0.3) is 0 Å². The first-order valence-corrected chi connectivity index (χ1v) is 15.1. The Kier molecular flexibility index (Phi) is 8.24. The number of benzene rings is 2. The van der Waals surface area contributed by atoms with Gasteiger partial charge in [-0.25, -0.2) is 0 Å². The number of aromatic nitrogens is 2. The summed E-state index contributed by atoms with van der Waals surface area (Å²) in [5.74, 6) is 0.745. The lowest BCUT2D eigenvalue weighted by atomic mass is 10.1. The van der Waals surface area contributed by atoms with Crippen molar-refractivity contribution < 1.29 is 9.53 Å². The number of fused-ring (bicyclic) bond motifs is 2. The van der Waals surface area contributed by atoms with Crippen molar-refractivity contribution in [3.05, 3.63) is 66.4 Å². The summed E-state index contributed by atoms with van der Waals surface area (Å²) in [6.07, 6.45) is 5.47. The molecule has 2 atom stereocenters. The number of rotatable bonds is 7. The number of carbonyl (C=O) groups excluding carboxylic acids is 1. The smallest absolute Gasteiger partial charge is 0.318 e. The number of ether oxygens (including phenoxy) is 1. The van der Waals surface area contributed by atoms with E-state index in [9.17, 15) is 10.1 Å². The van der Waals surface area contributed by atoms with Gasteiger partial charge in [0.2, 0.25) is 5.91 Å². The van der Waals surface area contributed by atoms with Gasteiger partial charge in [0, 0.05) is 61.8 Å². The summed E-state index contributed by atoms with van der Waals surface area (Å²) in [4.78, 5) is 31.4. The Morgan fingerprint density at radius 3 is 2.69 bits per heavy atom. The lowest BCUT2D eigenvalue weighted by Gasteiger charge is -2.41. The number of carbonyl (C=O) groups is 1. The Balaban J connectivity index is 1.31. The Hall–Kier alpha value is -4.16. The second-order valence-electron chi connectivity index (χ2n) is 11.5. The van der Waals surface area contributed by atoms with E-state index in [1.54, 1.807) is 4.90 Å². The summed E-state index contributed by atoms with van der Waals surface area (Å²) in [6, 6.07) is 17.9. The van der Waals surface area contributed by atoms with Gasteiger partial charge in [0.05, 0.1) is 24.2 Å². The van der Waals surface area contributed by atoms with Crippen molar-refractivity contribution in [3.63, 3.8) is 0 Å². The average Bonchev–Trinajstić information content (AvgIpc) is 3.31. The van der Waals surface area contributed by atoms with Crippen molar-refractivity contribution in [2.24, 2.45) is 0 Å². The molecule has 3 aromatic rings. The van der Waals surface area contributed by atoms with Crippen LogP contribution in [0.4, 0.5) is 11.5 Å². The van der Waals surface area contributed by atoms with E-state index in [-0.39, 0.29) is 18.4 Å². The van der Waals surface area contributed by atoms with Crippen molar-refractivity contribution in [2.75, 3.05) is 62.7 Å². The normalized spacial score (nSPS) is 21.1. The molecule has 3 aliphatic heterocycles. The SMILES string of the molecule is C=CC(=O)N1CCN(c2nc(OC[C@@H]3CCCN3C)nc3c2CCN(c2cccc4ccccc24)CC3)C[C@H]1CC#N. The van der Waals surface area contributed by atoms with Gasteiger partial charge in [0.15, 0.2) is 0 Å². The predicted octanol–water partition coefficient (Wildman–Crippen LogP) is 3.82. The highest BCUT2D eigenvalue weighted by Gasteiger charge is 2.33. The molecule has 0 spiro atoms. The number of nitriles is 1. The number of likely N-dealkylation sites (tertiary alicyclic amines) is 1. The number of hydrogen-bond acceptors (Lipinski definition) is 8. The van der Waals surface area contributed by atoms with Crippen LogP contribution in [0.5, 0.6) is 6.01 Å². The van der Waals surface area contributed by atoms with Crippen LogP contribution in [0, 0.1) is 11.3 Å². The molecule has 9 nitrogen and oxygen atoms in total. The number of piperazine rings is 1. The highest BCUT2D eigenvalue weighted by Crippen LogP contribution is 2.33. The third-order valence-electron chi connectivity index (χ3n) is 9.05.